The summed E-state index contributed by atoms with van der Waals surface area (Å²) in [5, 5.41) is 0.712. The number of amidine groups is 2. The molecule has 140 valence electrons. The smallest absolute Gasteiger partial charge is 0.260 e. The van der Waals surface area contributed by atoms with Crippen LogP contribution in [-0.2, 0) is 10.5 Å². The van der Waals surface area contributed by atoms with Gasteiger partial charge in [0.2, 0.25) is 5.84 Å². The molecular weight excluding hydrogens is 362 g/mol. The van der Waals surface area contributed by atoms with Crippen LogP contribution < -0.4 is 0 Å². The van der Waals surface area contributed by atoms with Gasteiger partial charge in [-0.05, 0) is 25.0 Å². The normalized spacial score (nSPS) is 23.5. The van der Waals surface area contributed by atoms with Crippen molar-refractivity contribution in [2.45, 2.75) is 31.4 Å². The summed E-state index contributed by atoms with van der Waals surface area (Å²) in [6.45, 7) is 0. The Balaban J connectivity index is 1.71. The summed E-state index contributed by atoms with van der Waals surface area (Å²) >= 11 is 1.51. The molecule has 0 radical (unpaired) electrons. The number of hydrogen-bond donors (Lipinski definition) is 0. The average molecular weight is 384 g/mol. The van der Waals surface area contributed by atoms with Gasteiger partial charge in [-0.2, -0.15) is 9.48 Å². The third-order valence-corrected chi connectivity index (χ3v) is 6.33. The molecule has 0 N–H and O–H groups in total. The van der Waals surface area contributed by atoms with Crippen LogP contribution in [0.2, 0.25) is 0 Å². The molecule has 1 fully saturated rings. The predicted molar refractivity (Wildman–Crippen MR) is 105 cm³/mol. The third-order valence-electron chi connectivity index (χ3n) is 5.27. The summed E-state index contributed by atoms with van der Waals surface area (Å²) < 4.78 is 1.48. The molecule has 3 amide bonds. The van der Waals surface area contributed by atoms with Gasteiger partial charge in [-0.25, -0.2) is 9.79 Å². The van der Waals surface area contributed by atoms with Gasteiger partial charge >= 0.3 is 11.9 Å². The molecule has 0 saturated heterocycles. The first-order valence-corrected chi connectivity index (χ1v) is 10.2. The van der Waals surface area contributed by atoms with Crippen molar-refractivity contribution in [1.82, 2.24) is 9.88 Å². The van der Waals surface area contributed by atoms with E-state index in [1.165, 1.54) is 36.2 Å². The Labute approximate surface area is 162 Å². The molecule has 27 heavy (non-hydrogen) atoms. The van der Waals surface area contributed by atoms with Gasteiger partial charge in [-0.15, -0.1) is 11.8 Å². The van der Waals surface area contributed by atoms with E-state index in [9.17, 15) is 9.59 Å². The van der Waals surface area contributed by atoms with Crippen molar-refractivity contribution in [2.24, 2.45) is 21.8 Å². The van der Waals surface area contributed by atoms with Gasteiger partial charge in [0, 0.05) is 17.9 Å². The number of urea groups is 1. The van der Waals surface area contributed by atoms with E-state index in [2.05, 4.69) is 9.98 Å². The van der Waals surface area contributed by atoms with Crippen molar-refractivity contribution in [3.63, 3.8) is 0 Å². The molecule has 1 unspecified atom stereocenters. The molecule has 7 nitrogen and oxygen atoms in total. The molecule has 4 rings (SSSR count). The van der Waals surface area contributed by atoms with Crippen molar-refractivity contribution in [3.8, 4) is 0 Å². The number of pyridine rings is 1. The van der Waals surface area contributed by atoms with E-state index in [1.54, 1.807) is 13.2 Å². The van der Waals surface area contributed by atoms with Crippen LogP contribution in [0.3, 0.4) is 0 Å². The van der Waals surface area contributed by atoms with Gasteiger partial charge in [-0.1, -0.05) is 23.9 Å². The minimum absolute atomic E-state index is 0.269. The number of aromatic nitrogens is 1. The predicted octanol–water partition coefficient (Wildman–Crippen LogP) is 2.56. The Kier molecular flexibility index (Phi) is 4.90. The summed E-state index contributed by atoms with van der Waals surface area (Å²) in [5.74, 6) is 1.31. The van der Waals surface area contributed by atoms with Crippen LogP contribution in [0.4, 0.5) is 4.79 Å². The molecule has 1 saturated carbocycles. The molecule has 3 heterocycles. The van der Waals surface area contributed by atoms with Gasteiger partial charge in [0.05, 0.1) is 19.8 Å². The zero-order valence-electron chi connectivity index (χ0n) is 15.5. The van der Waals surface area contributed by atoms with Crippen molar-refractivity contribution < 1.29 is 14.2 Å². The quantitative estimate of drug-likeness (QED) is 0.751. The zero-order valence-corrected chi connectivity index (χ0v) is 16.3. The first-order chi connectivity index (χ1) is 13.1. The Bertz CT molecular complexity index is 871. The van der Waals surface area contributed by atoms with Gasteiger partial charge < -0.3 is 0 Å². The molecule has 0 spiro atoms. The number of imide groups is 1. The fourth-order valence-corrected chi connectivity index (χ4v) is 4.70. The van der Waals surface area contributed by atoms with Crippen LogP contribution in [-0.4, -0.2) is 57.2 Å². The molecular formula is C19H22N5O2S+. The van der Waals surface area contributed by atoms with E-state index >= 15 is 0 Å². The van der Waals surface area contributed by atoms with Gasteiger partial charge in [0.1, 0.15) is 5.04 Å². The van der Waals surface area contributed by atoms with E-state index in [0.717, 1.165) is 29.3 Å². The lowest BCUT2D eigenvalue weighted by Gasteiger charge is -2.27. The van der Waals surface area contributed by atoms with E-state index < -0.39 is 5.92 Å². The number of fused-ring (bicyclic) bond motifs is 1. The number of amides is 3. The molecule has 0 aromatic carbocycles. The van der Waals surface area contributed by atoms with Crippen LogP contribution in [0.25, 0.3) is 0 Å². The second-order valence-corrected chi connectivity index (χ2v) is 8.04. The SMILES string of the molecule is CN1C(=O)C2C(SCc3ccccn3)=NC(C3CCCC3)=NC2=[N+](C)C1=O. The molecule has 1 aromatic rings. The highest BCUT2D eigenvalue weighted by Crippen LogP contribution is 2.32. The summed E-state index contributed by atoms with van der Waals surface area (Å²) in [5.41, 5.74) is 0.928. The zero-order chi connectivity index (χ0) is 19.0. The van der Waals surface area contributed by atoms with Crippen LogP contribution >= 0.6 is 11.8 Å². The Morgan fingerprint density at radius 3 is 2.70 bits per heavy atom. The van der Waals surface area contributed by atoms with Crippen LogP contribution in [0.1, 0.15) is 31.4 Å². The minimum Gasteiger partial charge on any atom is -0.260 e. The summed E-state index contributed by atoms with van der Waals surface area (Å²) in [6, 6.07) is 5.43. The molecule has 1 aromatic heterocycles. The summed E-state index contributed by atoms with van der Waals surface area (Å²) in [7, 11) is 3.19. The van der Waals surface area contributed by atoms with E-state index in [1.807, 2.05) is 18.2 Å². The number of carbonyl (C=O) groups excluding carboxylic acids is 2. The third kappa shape index (κ3) is 3.34. The standard InChI is InChI=1S/C19H22N5O2S/c1-23-16-14(18(25)24(2)19(23)26)17(27-11-13-9-5-6-10-20-13)22-15(21-16)12-7-3-4-8-12/h5-6,9-10,12,14H,3-4,7-8,11H2,1-2H3/q+1. The fourth-order valence-electron chi connectivity index (χ4n) is 3.70. The number of rotatable bonds is 3. The Morgan fingerprint density at radius 1 is 1.22 bits per heavy atom. The largest absolute Gasteiger partial charge is 0.445 e. The first kappa shape index (κ1) is 18.0. The van der Waals surface area contributed by atoms with E-state index in [4.69, 9.17) is 4.99 Å². The monoisotopic (exact) mass is 384 g/mol. The van der Waals surface area contributed by atoms with Crippen LogP contribution in [0.15, 0.2) is 34.4 Å². The summed E-state index contributed by atoms with van der Waals surface area (Å²) in [6.07, 6.45) is 6.22. The van der Waals surface area contributed by atoms with Gasteiger partial charge in [0.15, 0.2) is 5.92 Å². The lowest BCUT2D eigenvalue weighted by atomic mass is 10.0. The highest BCUT2D eigenvalue weighted by atomic mass is 32.2. The maximum Gasteiger partial charge on any atom is 0.445 e. The molecule has 2 aliphatic heterocycles. The highest BCUT2D eigenvalue weighted by molar-refractivity contribution is 8.13. The number of aliphatic imine (C=N–C) groups is 2. The number of carbonyl (C=O) groups is 2. The molecule has 0 bridgehead atoms. The van der Waals surface area contributed by atoms with E-state index in [0.29, 0.717) is 22.6 Å². The lowest BCUT2D eigenvalue weighted by molar-refractivity contribution is -0.407. The van der Waals surface area contributed by atoms with Crippen molar-refractivity contribution >= 4 is 40.4 Å². The van der Waals surface area contributed by atoms with Gasteiger partial charge in [-0.3, -0.25) is 9.78 Å². The molecule has 1 atom stereocenters. The molecule has 3 aliphatic rings. The lowest BCUT2D eigenvalue weighted by Crippen LogP contribution is -2.54. The van der Waals surface area contributed by atoms with Crippen molar-refractivity contribution in [2.75, 3.05) is 14.1 Å². The average Bonchev–Trinajstić information content (AvgIpc) is 3.24. The number of thioether (sulfide) groups is 1. The number of nitrogens with zero attached hydrogens (tertiary/aromatic N) is 5. The van der Waals surface area contributed by atoms with Crippen LogP contribution in [0, 0.1) is 11.8 Å². The minimum atomic E-state index is -0.614. The molecule has 8 heteroatoms. The maximum atomic E-state index is 12.8. The van der Waals surface area contributed by atoms with Crippen molar-refractivity contribution in [3.05, 3.63) is 30.1 Å². The maximum absolute atomic E-state index is 12.8. The highest BCUT2D eigenvalue weighted by Gasteiger charge is 2.49. The fraction of sp³-hybridized carbons (Fsp3) is 0.474. The second-order valence-electron chi connectivity index (χ2n) is 7.04. The van der Waals surface area contributed by atoms with Gasteiger partial charge in [0.25, 0.3) is 5.84 Å². The van der Waals surface area contributed by atoms with Crippen LogP contribution in [0.5, 0.6) is 0 Å². The van der Waals surface area contributed by atoms with Crippen molar-refractivity contribution in [1.29, 1.82) is 0 Å². The first-order valence-electron chi connectivity index (χ1n) is 9.18. The second kappa shape index (κ2) is 7.34. The number of hydrogen-bond acceptors (Lipinski definition) is 6. The van der Waals surface area contributed by atoms with E-state index in [-0.39, 0.29) is 11.9 Å². The Hall–Kier alpha value is -2.35. The Morgan fingerprint density at radius 2 is 2.00 bits per heavy atom. The topological polar surface area (TPSA) is 78.0 Å². The summed E-state index contributed by atoms with van der Waals surface area (Å²) in [4.78, 5) is 40.2. The molecule has 1 aliphatic carbocycles.